The van der Waals surface area contributed by atoms with Gasteiger partial charge in [0.05, 0.1) is 11.4 Å². The van der Waals surface area contributed by atoms with E-state index in [4.69, 9.17) is 0 Å². The van der Waals surface area contributed by atoms with Gasteiger partial charge < -0.3 is 5.32 Å². The van der Waals surface area contributed by atoms with Gasteiger partial charge in [-0.25, -0.2) is 0 Å². The average Bonchev–Trinajstić information content (AvgIpc) is 2.38. The normalized spacial score (nSPS) is 19.4. The molecule has 1 heterocycles. The number of hydrogen-bond acceptors (Lipinski definition) is 2. The molecule has 1 aromatic heterocycles. The standard InChI is InChI=1S/C11H19N3/c1-9-7-10(14(3)13-9)8-12-11(2)5-4-6-11/h7,12H,4-6,8H2,1-3H3. The van der Waals surface area contributed by atoms with Gasteiger partial charge in [0.15, 0.2) is 0 Å². The molecule has 0 atom stereocenters. The predicted octanol–water partition coefficient (Wildman–Crippen LogP) is 1.76. The molecule has 0 radical (unpaired) electrons. The van der Waals surface area contributed by atoms with E-state index in [1.54, 1.807) is 0 Å². The van der Waals surface area contributed by atoms with E-state index < -0.39 is 0 Å². The Balaban J connectivity index is 1.94. The van der Waals surface area contributed by atoms with E-state index in [0.29, 0.717) is 5.54 Å². The summed E-state index contributed by atoms with van der Waals surface area (Å²) in [6, 6.07) is 2.15. The Morgan fingerprint density at radius 3 is 2.71 bits per heavy atom. The van der Waals surface area contributed by atoms with Crippen molar-refractivity contribution in [1.29, 1.82) is 0 Å². The monoisotopic (exact) mass is 193 g/mol. The summed E-state index contributed by atoms with van der Waals surface area (Å²) in [5.74, 6) is 0. The summed E-state index contributed by atoms with van der Waals surface area (Å²) in [6.45, 7) is 5.28. The van der Waals surface area contributed by atoms with Gasteiger partial charge >= 0.3 is 0 Å². The second kappa shape index (κ2) is 3.39. The predicted molar refractivity (Wildman–Crippen MR) is 57.0 cm³/mol. The molecule has 0 spiro atoms. The first-order chi connectivity index (χ1) is 6.59. The van der Waals surface area contributed by atoms with E-state index in [0.717, 1.165) is 12.2 Å². The molecule has 0 amide bonds. The second-order valence-electron chi connectivity index (χ2n) is 4.67. The molecule has 0 bridgehead atoms. The maximum absolute atomic E-state index is 4.33. The zero-order valence-corrected chi connectivity index (χ0v) is 9.30. The Morgan fingerprint density at radius 2 is 2.29 bits per heavy atom. The Kier molecular flexibility index (Phi) is 2.35. The summed E-state index contributed by atoms with van der Waals surface area (Å²) in [5, 5.41) is 7.94. The van der Waals surface area contributed by atoms with Crippen molar-refractivity contribution in [3.63, 3.8) is 0 Å². The molecule has 1 N–H and O–H groups in total. The van der Waals surface area contributed by atoms with Crippen molar-refractivity contribution in [2.24, 2.45) is 7.05 Å². The number of nitrogens with one attached hydrogen (secondary N) is 1. The molecule has 1 fully saturated rings. The van der Waals surface area contributed by atoms with E-state index in [2.05, 4.69) is 23.4 Å². The number of hydrogen-bond donors (Lipinski definition) is 1. The van der Waals surface area contributed by atoms with Crippen LogP contribution in [0.3, 0.4) is 0 Å². The molecule has 1 aliphatic rings. The quantitative estimate of drug-likeness (QED) is 0.792. The van der Waals surface area contributed by atoms with Crippen LogP contribution in [0.4, 0.5) is 0 Å². The minimum atomic E-state index is 0.387. The summed E-state index contributed by atoms with van der Waals surface area (Å²) in [6.07, 6.45) is 3.99. The van der Waals surface area contributed by atoms with Crippen molar-refractivity contribution in [1.82, 2.24) is 15.1 Å². The molecule has 0 aliphatic heterocycles. The van der Waals surface area contributed by atoms with Gasteiger partial charge in [-0.3, -0.25) is 4.68 Å². The van der Waals surface area contributed by atoms with Gasteiger partial charge in [0.25, 0.3) is 0 Å². The highest BCUT2D eigenvalue weighted by molar-refractivity contribution is 5.09. The molecule has 1 aliphatic carbocycles. The third kappa shape index (κ3) is 1.82. The fraction of sp³-hybridized carbons (Fsp3) is 0.727. The van der Waals surface area contributed by atoms with Crippen molar-refractivity contribution in [2.45, 2.75) is 45.2 Å². The first-order valence-corrected chi connectivity index (χ1v) is 5.34. The minimum Gasteiger partial charge on any atom is -0.306 e. The van der Waals surface area contributed by atoms with E-state index in [9.17, 15) is 0 Å². The van der Waals surface area contributed by atoms with Gasteiger partial charge in [0, 0.05) is 19.1 Å². The number of rotatable bonds is 3. The highest BCUT2D eigenvalue weighted by Gasteiger charge is 2.30. The molecule has 78 valence electrons. The summed E-state index contributed by atoms with van der Waals surface area (Å²) in [4.78, 5) is 0. The summed E-state index contributed by atoms with van der Waals surface area (Å²) < 4.78 is 1.96. The Bertz CT molecular complexity index is 323. The maximum Gasteiger partial charge on any atom is 0.0597 e. The SMILES string of the molecule is Cc1cc(CNC2(C)CCC2)n(C)n1. The number of aromatic nitrogens is 2. The van der Waals surface area contributed by atoms with Crippen molar-refractivity contribution < 1.29 is 0 Å². The minimum absolute atomic E-state index is 0.387. The van der Waals surface area contributed by atoms with Crippen LogP contribution >= 0.6 is 0 Å². The van der Waals surface area contributed by atoms with Crippen LogP contribution in [0.1, 0.15) is 37.6 Å². The number of nitrogens with zero attached hydrogens (tertiary/aromatic N) is 2. The van der Waals surface area contributed by atoms with Crippen LogP contribution in [0.15, 0.2) is 6.07 Å². The van der Waals surface area contributed by atoms with E-state index >= 15 is 0 Å². The molecule has 1 saturated carbocycles. The first-order valence-electron chi connectivity index (χ1n) is 5.34. The van der Waals surface area contributed by atoms with Gasteiger partial charge in [0.2, 0.25) is 0 Å². The average molecular weight is 193 g/mol. The Labute approximate surface area is 85.5 Å². The van der Waals surface area contributed by atoms with E-state index in [-0.39, 0.29) is 0 Å². The lowest BCUT2D eigenvalue weighted by Gasteiger charge is -2.39. The van der Waals surface area contributed by atoms with Gasteiger partial charge in [-0.2, -0.15) is 5.10 Å². The largest absolute Gasteiger partial charge is 0.306 e. The highest BCUT2D eigenvalue weighted by Crippen LogP contribution is 2.31. The smallest absolute Gasteiger partial charge is 0.0597 e. The maximum atomic E-state index is 4.33. The summed E-state index contributed by atoms with van der Waals surface area (Å²) >= 11 is 0. The van der Waals surface area contributed by atoms with Gasteiger partial charge in [-0.1, -0.05) is 0 Å². The van der Waals surface area contributed by atoms with Crippen molar-refractivity contribution in [3.8, 4) is 0 Å². The van der Waals surface area contributed by atoms with Crippen LogP contribution in [-0.2, 0) is 13.6 Å². The zero-order chi connectivity index (χ0) is 10.2. The first kappa shape index (κ1) is 9.71. The van der Waals surface area contributed by atoms with Crippen LogP contribution in [0, 0.1) is 6.92 Å². The zero-order valence-electron chi connectivity index (χ0n) is 9.30. The molecule has 1 aromatic rings. The van der Waals surface area contributed by atoms with Crippen LogP contribution in [0.2, 0.25) is 0 Å². The summed E-state index contributed by atoms with van der Waals surface area (Å²) in [5.41, 5.74) is 2.76. The van der Waals surface area contributed by atoms with Crippen LogP contribution in [0.5, 0.6) is 0 Å². The highest BCUT2D eigenvalue weighted by atomic mass is 15.3. The Morgan fingerprint density at radius 1 is 1.57 bits per heavy atom. The molecular weight excluding hydrogens is 174 g/mol. The lowest BCUT2D eigenvalue weighted by atomic mass is 9.78. The van der Waals surface area contributed by atoms with Gasteiger partial charge in [0.1, 0.15) is 0 Å². The van der Waals surface area contributed by atoms with Crippen molar-refractivity contribution in [2.75, 3.05) is 0 Å². The second-order valence-corrected chi connectivity index (χ2v) is 4.67. The lowest BCUT2D eigenvalue weighted by Crippen LogP contribution is -2.47. The van der Waals surface area contributed by atoms with Gasteiger partial charge in [-0.05, 0) is 39.2 Å². The molecule has 0 aromatic carbocycles. The summed E-state index contributed by atoms with van der Waals surface area (Å²) in [7, 11) is 2.01. The van der Waals surface area contributed by atoms with E-state index in [1.807, 2.05) is 18.7 Å². The van der Waals surface area contributed by atoms with Crippen LogP contribution < -0.4 is 5.32 Å². The van der Waals surface area contributed by atoms with Crippen LogP contribution in [-0.4, -0.2) is 15.3 Å². The number of aryl methyl sites for hydroxylation is 2. The van der Waals surface area contributed by atoms with Crippen molar-refractivity contribution >= 4 is 0 Å². The topological polar surface area (TPSA) is 29.9 Å². The van der Waals surface area contributed by atoms with Crippen molar-refractivity contribution in [3.05, 3.63) is 17.5 Å². The third-order valence-corrected chi connectivity index (χ3v) is 3.25. The fourth-order valence-corrected chi connectivity index (χ4v) is 2.02. The third-order valence-electron chi connectivity index (χ3n) is 3.25. The molecule has 3 nitrogen and oxygen atoms in total. The van der Waals surface area contributed by atoms with Gasteiger partial charge in [-0.15, -0.1) is 0 Å². The molecule has 0 unspecified atom stereocenters. The Hall–Kier alpha value is -0.830. The van der Waals surface area contributed by atoms with E-state index in [1.165, 1.54) is 25.0 Å². The molecule has 14 heavy (non-hydrogen) atoms. The fourth-order valence-electron chi connectivity index (χ4n) is 2.02. The lowest BCUT2D eigenvalue weighted by molar-refractivity contribution is 0.205. The molecular formula is C11H19N3. The van der Waals surface area contributed by atoms with Crippen LogP contribution in [0.25, 0.3) is 0 Å². The molecule has 0 saturated heterocycles. The molecule has 3 heteroatoms. The molecule has 2 rings (SSSR count).